The van der Waals surface area contributed by atoms with Crippen molar-refractivity contribution in [3.63, 3.8) is 0 Å². The predicted molar refractivity (Wildman–Crippen MR) is 67.1 cm³/mol. The summed E-state index contributed by atoms with van der Waals surface area (Å²) in [6, 6.07) is 5.99. The number of hydrogen-bond donors (Lipinski definition) is 3. The Morgan fingerprint density at radius 1 is 1.16 bits per heavy atom. The van der Waals surface area contributed by atoms with Crippen LogP contribution in [0.2, 0.25) is 0 Å². The molecule has 0 spiro atoms. The summed E-state index contributed by atoms with van der Waals surface area (Å²) in [7, 11) is 0. The van der Waals surface area contributed by atoms with Crippen molar-refractivity contribution in [2.75, 3.05) is 13.1 Å². The number of nitrogens with one attached hydrogen (secondary N) is 3. The number of nitrogens with zero attached hydrogens (tertiary/aromatic N) is 1. The third kappa shape index (κ3) is 2.10. The van der Waals surface area contributed by atoms with Crippen molar-refractivity contribution in [2.24, 2.45) is 0 Å². The summed E-state index contributed by atoms with van der Waals surface area (Å²) >= 11 is 0. The van der Waals surface area contributed by atoms with Crippen LogP contribution >= 0.6 is 0 Å². The minimum atomic E-state index is -0.294. The second-order valence-electron chi connectivity index (χ2n) is 4.55. The van der Waals surface area contributed by atoms with Crippen LogP contribution in [-0.4, -0.2) is 39.1 Å². The molecule has 1 saturated heterocycles. The van der Waals surface area contributed by atoms with E-state index in [4.69, 9.17) is 0 Å². The fourth-order valence-electron chi connectivity index (χ4n) is 2.15. The number of likely N-dealkylation sites (tertiary alicyclic amines) is 1. The molecule has 0 aromatic carbocycles. The molecule has 2 aromatic rings. The predicted octanol–water partition coefficient (Wildman–Crippen LogP) is -0.369. The normalized spacial score (nSPS) is 15.3. The fraction of sp³-hybridized carbons (Fsp3) is 0.250. The van der Waals surface area contributed by atoms with Gasteiger partial charge < -0.3 is 15.0 Å². The number of aromatic amines is 3. The number of H-pyrrole nitrogens is 3. The highest BCUT2D eigenvalue weighted by Gasteiger charge is 2.33. The zero-order chi connectivity index (χ0) is 13.4. The van der Waals surface area contributed by atoms with Gasteiger partial charge in [0.15, 0.2) is 0 Å². The molecule has 3 rings (SSSR count). The van der Waals surface area contributed by atoms with Crippen LogP contribution in [-0.2, 0) is 0 Å². The van der Waals surface area contributed by atoms with Gasteiger partial charge in [0.1, 0.15) is 5.69 Å². The lowest BCUT2D eigenvalue weighted by molar-refractivity contribution is 0.0592. The highest BCUT2D eigenvalue weighted by Crippen LogP contribution is 2.25. The molecule has 3 heterocycles. The van der Waals surface area contributed by atoms with E-state index in [0.29, 0.717) is 13.1 Å². The van der Waals surface area contributed by atoms with Gasteiger partial charge >= 0.3 is 0 Å². The monoisotopic (exact) mass is 260 g/mol. The Morgan fingerprint density at radius 2 is 1.95 bits per heavy atom. The molecule has 1 aliphatic rings. The van der Waals surface area contributed by atoms with Crippen LogP contribution in [0.5, 0.6) is 0 Å². The average molecular weight is 260 g/mol. The number of carbonyl (C=O) groups excluding carboxylic acids is 1. The molecule has 0 saturated carbocycles. The van der Waals surface area contributed by atoms with Crippen LogP contribution in [0.4, 0.5) is 0 Å². The van der Waals surface area contributed by atoms with E-state index in [1.807, 2.05) is 0 Å². The minimum absolute atomic E-state index is 0.137. The van der Waals surface area contributed by atoms with E-state index in [9.17, 15) is 14.4 Å². The zero-order valence-electron chi connectivity index (χ0n) is 9.97. The molecule has 98 valence electrons. The highest BCUT2D eigenvalue weighted by molar-refractivity contribution is 5.92. The Kier molecular flexibility index (Phi) is 2.59. The quantitative estimate of drug-likeness (QED) is 0.686. The number of pyridine rings is 1. The van der Waals surface area contributed by atoms with E-state index in [0.717, 1.165) is 5.69 Å². The van der Waals surface area contributed by atoms with Crippen molar-refractivity contribution in [3.05, 3.63) is 56.4 Å². The smallest absolute Gasteiger partial charge is 0.270 e. The van der Waals surface area contributed by atoms with E-state index >= 15 is 0 Å². The Labute approximate surface area is 107 Å². The van der Waals surface area contributed by atoms with E-state index in [1.165, 1.54) is 12.1 Å². The summed E-state index contributed by atoms with van der Waals surface area (Å²) in [4.78, 5) is 38.3. The van der Waals surface area contributed by atoms with Gasteiger partial charge in [-0.05, 0) is 6.07 Å². The van der Waals surface area contributed by atoms with Gasteiger partial charge in [-0.3, -0.25) is 19.5 Å². The molecule has 0 aliphatic carbocycles. The van der Waals surface area contributed by atoms with Crippen LogP contribution in [0.3, 0.4) is 0 Å². The molecule has 0 radical (unpaired) electrons. The van der Waals surface area contributed by atoms with Gasteiger partial charge in [-0.25, -0.2) is 0 Å². The molecular weight excluding hydrogens is 248 g/mol. The van der Waals surface area contributed by atoms with Gasteiger partial charge in [-0.2, -0.15) is 0 Å². The van der Waals surface area contributed by atoms with Crippen LogP contribution in [0.1, 0.15) is 22.1 Å². The number of aromatic nitrogens is 3. The third-order valence-electron chi connectivity index (χ3n) is 3.22. The maximum absolute atomic E-state index is 12.0. The lowest BCUT2D eigenvalue weighted by Crippen LogP contribution is -2.49. The standard InChI is InChI=1S/C12H12N4O3/c17-10-3-1-2-8(13-10)12(19)16-5-7(6-16)9-4-11(18)15-14-9/h1-4,7H,5-6H2,(H,13,17)(H2,14,15,18). The number of amides is 1. The molecule has 7 nitrogen and oxygen atoms in total. The Bertz CT molecular complexity index is 721. The van der Waals surface area contributed by atoms with Gasteiger partial charge in [0.05, 0.1) is 0 Å². The highest BCUT2D eigenvalue weighted by atomic mass is 16.2. The van der Waals surface area contributed by atoms with Crippen molar-refractivity contribution in [1.82, 2.24) is 20.1 Å². The van der Waals surface area contributed by atoms with Gasteiger partial charge in [0.2, 0.25) is 5.56 Å². The molecule has 3 N–H and O–H groups in total. The van der Waals surface area contributed by atoms with Crippen LogP contribution in [0.25, 0.3) is 0 Å². The van der Waals surface area contributed by atoms with Crippen molar-refractivity contribution in [2.45, 2.75) is 5.92 Å². The van der Waals surface area contributed by atoms with E-state index in [1.54, 1.807) is 17.0 Å². The van der Waals surface area contributed by atoms with E-state index in [-0.39, 0.29) is 28.6 Å². The Hall–Kier alpha value is -2.57. The first-order valence-corrected chi connectivity index (χ1v) is 5.89. The molecule has 2 aromatic heterocycles. The molecule has 1 aliphatic heterocycles. The maximum atomic E-state index is 12.0. The first-order valence-electron chi connectivity index (χ1n) is 5.89. The first kappa shape index (κ1) is 11.5. The summed E-state index contributed by atoms with van der Waals surface area (Å²) in [5, 5.41) is 5.25. The van der Waals surface area contributed by atoms with E-state index in [2.05, 4.69) is 15.2 Å². The largest absolute Gasteiger partial charge is 0.336 e. The zero-order valence-corrected chi connectivity index (χ0v) is 9.97. The molecule has 1 amide bonds. The molecule has 0 unspecified atom stereocenters. The van der Waals surface area contributed by atoms with Gasteiger partial charge in [0, 0.05) is 36.8 Å². The molecule has 7 heteroatoms. The number of hydrogen-bond acceptors (Lipinski definition) is 3. The lowest BCUT2D eigenvalue weighted by atomic mass is 9.96. The molecular formula is C12H12N4O3. The van der Waals surface area contributed by atoms with Gasteiger partial charge in [-0.1, -0.05) is 6.07 Å². The maximum Gasteiger partial charge on any atom is 0.270 e. The number of carbonyl (C=O) groups is 1. The second kappa shape index (κ2) is 4.27. The third-order valence-corrected chi connectivity index (χ3v) is 3.22. The summed E-state index contributed by atoms with van der Waals surface area (Å²) in [5.41, 5.74) is 0.620. The Balaban J connectivity index is 1.69. The lowest BCUT2D eigenvalue weighted by Gasteiger charge is -2.38. The molecule has 0 bridgehead atoms. The second-order valence-corrected chi connectivity index (χ2v) is 4.55. The van der Waals surface area contributed by atoms with Gasteiger partial charge in [-0.15, -0.1) is 0 Å². The van der Waals surface area contributed by atoms with Gasteiger partial charge in [0.25, 0.3) is 11.5 Å². The van der Waals surface area contributed by atoms with Crippen molar-refractivity contribution in [3.8, 4) is 0 Å². The van der Waals surface area contributed by atoms with Crippen LogP contribution < -0.4 is 11.1 Å². The molecule has 0 atom stereocenters. The molecule has 1 fully saturated rings. The summed E-state index contributed by atoms with van der Waals surface area (Å²) < 4.78 is 0. The first-order chi connectivity index (χ1) is 9.13. The van der Waals surface area contributed by atoms with E-state index < -0.39 is 0 Å². The SMILES string of the molecule is O=C(c1cccc(=O)[nH]1)N1CC(c2cc(=O)[nH][nH]2)C1. The van der Waals surface area contributed by atoms with Crippen LogP contribution in [0.15, 0.2) is 33.9 Å². The Morgan fingerprint density at radius 3 is 2.58 bits per heavy atom. The number of rotatable bonds is 2. The molecule has 19 heavy (non-hydrogen) atoms. The minimum Gasteiger partial charge on any atom is -0.336 e. The van der Waals surface area contributed by atoms with Crippen LogP contribution in [0, 0.1) is 0 Å². The summed E-state index contributed by atoms with van der Waals surface area (Å²) in [6.45, 7) is 1.06. The fourth-order valence-corrected chi connectivity index (χ4v) is 2.15. The van der Waals surface area contributed by atoms with Crippen molar-refractivity contribution >= 4 is 5.91 Å². The van der Waals surface area contributed by atoms with Crippen molar-refractivity contribution in [1.29, 1.82) is 0 Å². The topological polar surface area (TPSA) is 102 Å². The average Bonchev–Trinajstić information content (AvgIpc) is 2.73. The van der Waals surface area contributed by atoms with Crippen molar-refractivity contribution < 1.29 is 4.79 Å². The summed E-state index contributed by atoms with van der Waals surface area (Å²) in [6.07, 6.45) is 0. The summed E-state index contributed by atoms with van der Waals surface area (Å²) in [5.74, 6) is -0.0647.